The normalized spacial score (nSPS) is 10.5. The zero-order valence-electron chi connectivity index (χ0n) is 9.52. The minimum absolute atomic E-state index is 0.0345. The molecule has 88 valence electrons. The molecule has 0 saturated carbocycles. The summed E-state index contributed by atoms with van der Waals surface area (Å²) in [5.41, 5.74) is 6.82. The number of nitrogens with zero attached hydrogens (tertiary/aromatic N) is 2. The molecule has 0 fully saturated rings. The molecule has 0 atom stereocenters. The molecule has 17 heavy (non-hydrogen) atoms. The zero-order chi connectivity index (χ0) is 12.4. The number of anilines is 1. The van der Waals surface area contributed by atoms with Crippen molar-refractivity contribution >= 4 is 23.2 Å². The summed E-state index contributed by atoms with van der Waals surface area (Å²) in [6.45, 7) is 3.33. The van der Waals surface area contributed by atoms with Crippen molar-refractivity contribution in [1.29, 1.82) is 0 Å². The lowest BCUT2D eigenvalue weighted by Gasteiger charge is -2.03. The first-order valence-electron chi connectivity index (χ1n) is 5.03. The van der Waals surface area contributed by atoms with Crippen molar-refractivity contribution in [3.63, 3.8) is 0 Å². The van der Waals surface area contributed by atoms with Gasteiger partial charge >= 0.3 is 0 Å². The predicted octanol–water partition coefficient (Wildman–Crippen LogP) is 2.05. The van der Waals surface area contributed by atoms with Gasteiger partial charge in [0.05, 0.1) is 0 Å². The zero-order valence-corrected chi connectivity index (χ0v) is 10.3. The van der Waals surface area contributed by atoms with Gasteiger partial charge in [0.1, 0.15) is 5.82 Å². The number of nitrogens with one attached hydrogen (secondary N) is 1. The number of rotatable bonds is 3. The number of hydrogen-bond acceptors (Lipinski definition) is 5. The molecule has 1 aromatic heterocycles. The van der Waals surface area contributed by atoms with E-state index in [1.165, 1.54) is 18.7 Å². The van der Waals surface area contributed by atoms with Gasteiger partial charge in [-0.25, -0.2) is 4.98 Å². The minimum atomic E-state index is -0.0345. The third-order valence-corrected chi connectivity index (χ3v) is 3.04. The molecule has 1 aromatic carbocycles. The van der Waals surface area contributed by atoms with Crippen LogP contribution in [0.4, 0.5) is 5.69 Å². The molecular weight excluding hydrogens is 236 g/mol. The van der Waals surface area contributed by atoms with Gasteiger partial charge in [-0.1, -0.05) is 0 Å². The summed E-state index contributed by atoms with van der Waals surface area (Å²) in [5, 5.41) is 7.42. The van der Waals surface area contributed by atoms with Crippen molar-refractivity contribution in [2.24, 2.45) is 0 Å². The largest absolute Gasteiger partial charge is 0.398 e. The Morgan fingerprint density at radius 3 is 2.76 bits per heavy atom. The number of aromatic nitrogens is 3. The molecule has 0 radical (unpaired) electrons. The van der Waals surface area contributed by atoms with Crippen molar-refractivity contribution in [2.75, 3.05) is 5.73 Å². The van der Waals surface area contributed by atoms with Gasteiger partial charge < -0.3 is 5.73 Å². The number of nitrogen functional groups attached to an aromatic ring is 1. The van der Waals surface area contributed by atoms with Gasteiger partial charge in [-0.3, -0.25) is 9.89 Å². The van der Waals surface area contributed by atoms with Crippen molar-refractivity contribution < 1.29 is 4.79 Å². The van der Waals surface area contributed by atoms with Crippen LogP contribution in [0.2, 0.25) is 0 Å². The molecule has 2 aromatic rings. The summed E-state index contributed by atoms with van der Waals surface area (Å²) >= 11 is 1.40. The molecule has 2 rings (SSSR count). The highest BCUT2D eigenvalue weighted by atomic mass is 32.2. The summed E-state index contributed by atoms with van der Waals surface area (Å²) in [4.78, 5) is 16.3. The third-order valence-electron chi connectivity index (χ3n) is 2.19. The molecule has 0 aliphatic rings. The van der Waals surface area contributed by atoms with E-state index in [1.807, 2.05) is 13.0 Å². The van der Waals surface area contributed by atoms with Crippen LogP contribution < -0.4 is 5.73 Å². The van der Waals surface area contributed by atoms with Crippen LogP contribution in [0.1, 0.15) is 23.1 Å². The Morgan fingerprint density at radius 1 is 1.47 bits per heavy atom. The molecular formula is C11H12N4OS. The lowest BCUT2D eigenvalue weighted by atomic mass is 10.1. The number of aryl methyl sites for hydroxylation is 1. The van der Waals surface area contributed by atoms with Crippen LogP contribution in [-0.4, -0.2) is 21.0 Å². The lowest BCUT2D eigenvalue weighted by molar-refractivity contribution is 0.101. The van der Waals surface area contributed by atoms with Crippen LogP contribution in [0, 0.1) is 6.92 Å². The Bertz CT molecular complexity index is 564. The van der Waals surface area contributed by atoms with Crippen LogP contribution in [-0.2, 0) is 0 Å². The maximum Gasteiger partial charge on any atom is 0.213 e. The Hall–Kier alpha value is -1.82. The Balaban J connectivity index is 2.23. The standard InChI is InChI=1S/C11H12N4OS/c1-6(16)9-4-3-8(5-10(9)12)17-11-13-7(2)14-15-11/h3-5H,12H2,1-2H3,(H,13,14,15). The van der Waals surface area contributed by atoms with Gasteiger partial charge in [0.25, 0.3) is 0 Å². The molecule has 5 nitrogen and oxygen atoms in total. The molecule has 0 spiro atoms. The molecule has 0 aliphatic carbocycles. The van der Waals surface area contributed by atoms with Crippen molar-refractivity contribution in [1.82, 2.24) is 15.2 Å². The fraction of sp³-hybridized carbons (Fsp3) is 0.182. The lowest BCUT2D eigenvalue weighted by Crippen LogP contribution is -1.99. The van der Waals surface area contributed by atoms with Crippen LogP contribution >= 0.6 is 11.8 Å². The number of ketones is 1. The van der Waals surface area contributed by atoms with E-state index >= 15 is 0 Å². The maximum atomic E-state index is 11.2. The second-order valence-electron chi connectivity index (χ2n) is 3.61. The third kappa shape index (κ3) is 2.65. The topological polar surface area (TPSA) is 84.7 Å². The Morgan fingerprint density at radius 2 is 2.24 bits per heavy atom. The fourth-order valence-corrected chi connectivity index (χ4v) is 2.20. The van der Waals surface area contributed by atoms with Crippen molar-refractivity contribution in [3.05, 3.63) is 29.6 Å². The molecule has 0 bridgehead atoms. The summed E-state index contributed by atoms with van der Waals surface area (Å²) in [6.07, 6.45) is 0. The maximum absolute atomic E-state index is 11.2. The average molecular weight is 248 g/mol. The van der Waals surface area contributed by atoms with Gasteiger partial charge in [-0.2, -0.15) is 0 Å². The van der Waals surface area contributed by atoms with Crippen LogP contribution in [0.25, 0.3) is 0 Å². The van der Waals surface area contributed by atoms with Gasteiger partial charge in [0.2, 0.25) is 5.16 Å². The van der Waals surface area contributed by atoms with E-state index in [-0.39, 0.29) is 5.78 Å². The smallest absolute Gasteiger partial charge is 0.213 e. The number of carbonyl (C=O) groups excluding carboxylic acids is 1. The van der Waals surface area contributed by atoms with E-state index in [9.17, 15) is 4.79 Å². The summed E-state index contributed by atoms with van der Waals surface area (Å²) in [5.74, 6) is 0.730. The first-order valence-corrected chi connectivity index (χ1v) is 5.85. The fourth-order valence-electron chi connectivity index (χ4n) is 1.40. The minimum Gasteiger partial charge on any atom is -0.398 e. The first kappa shape index (κ1) is 11.7. The molecule has 0 aliphatic heterocycles. The van der Waals surface area contributed by atoms with Gasteiger partial charge in [0, 0.05) is 16.1 Å². The highest BCUT2D eigenvalue weighted by molar-refractivity contribution is 7.99. The monoisotopic (exact) mass is 248 g/mol. The predicted molar refractivity (Wildman–Crippen MR) is 66.1 cm³/mol. The van der Waals surface area contributed by atoms with E-state index in [2.05, 4.69) is 15.2 Å². The molecule has 0 amide bonds. The quantitative estimate of drug-likeness (QED) is 0.641. The Labute approximate surface area is 103 Å². The van der Waals surface area contributed by atoms with Crippen LogP contribution in [0.15, 0.2) is 28.3 Å². The highest BCUT2D eigenvalue weighted by Crippen LogP contribution is 2.27. The van der Waals surface area contributed by atoms with Crippen LogP contribution in [0.5, 0.6) is 0 Å². The van der Waals surface area contributed by atoms with Gasteiger partial charge in [-0.15, -0.1) is 5.10 Å². The van der Waals surface area contributed by atoms with E-state index in [1.54, 1.807) is 12.1 Å². The van der Waals surface area contributed by atoms with Gasteiger partial charge in [-0.05, 0) is 43.8 Å². The first-order chi connectivity index (χ1) is 8.06. The molecule has 3 N–H and O–H groups in total. The number of nitrogens with two attached hydrogens (primary N) is 1. The number of carbonyl (C=O) groups is 1. The van der Waals surface area contributed by atoms with E-state index in [0.29, 0.717) is 16.4 Å². The second kappa shape index (κ2) is 4.58. The van der Waals surface area contributed by atoms with E-state index < -0.39 is 0 Å². The number of H-pyrrole nitrogens is 1. The number of hydrogen-bond donors (Lipinski definition) is 2. The summed E-state index contributed by atoms with van der Waals surface area (Å²) in [6, 6.07) is 5.32. The summed E-state index contributed by atoms with van der Waals surface area (Å²) < 4.78 is 0. The highest BCUT2D eigenvalue weighted by Gasteiger charge is 2.08. The number of Topliss-reactive ketones (excluding diaryl/α,β-unsaturated/α-hetero) is 1. The molecule has 1 heterocycles. The molecule has 6 heteroatoms. The average Bonchev–Trinajstić information content (AvgIpc) is 2.63. The number of aromatic amines is 1. The van der Waals surface area contributed by atoms with Crippen LogP contribution in [0.3, 0.4) is 0 Å². The SMILES string of the molecule is CC(=O)c1ccc(Sc2n[nH]c(C)n2)cc1N. The number of benzene rings is 1. The molecule has 0 saturated heterocycles. The summed E-state index contributed by atoms with van der Waals surface area (Å²) in [7, 11) is 0. The van der Waals surface area contributed by atoms with E-state index in [0.717, 1.165) is 10.7 Å². The molecule has 0 unspecified atom stereocenters. The second-order valence-corrected chi connectivity index (χ2v) is 4.65. The van der Waals surface area contributed by atoms with Gasteiger partial charge in [0.15, 0.2) is 5.78 Å². The Kier molecular flexibility index (Phi) is 3.14. The van der Waals surface area contributed by atoms with Crippen molar-refractivity contribution in [2.45, 2.75) is 23.9 Å². The van der Waals surface area contributed by atoms with Crippen molar-refractivity contribution in [3.8, 4) is 0 Å². The van der Waals surface area contributed by atoms with E-state index in [4.69, 9.17) is 5.73 Å².